The zero-order valence-corrected chi connectivity index (χ0v) is 16.0. The fourth-order valence-corrected chi connectivity index (χ4v) is 4.22. The van der Waals surface area contributed by atoms with Crippen LogP contribution in [0.25, 0.3) is 6.08 Å². The summed E-state index contributed by atoms with van der Waals surface area (Å²) in [5.74, 6) is -0.882. The monoisotopic (exact) mass is 432 g/mol. The Bertz CT molecular complexity index is 802. The largest absolute Gasteiger partial charge is 0.465 e. The summed E-state index contributed by atoms with van der Waals surface area (Å²) in [4.78, 5) is 50.1. The summed E-state index contributed by atoms with van der Waals surface area (Å²) < 4.78 is 11.7. The van der Waals surface area contributed by atoms with Gasteiger partial charge in [0.1, 0.15) is 12.7 Å². The number of hydrogen-bond acceptors (Lipinski definition) is 7. The van der Waals surface area contributed by atoms with Gasteiger partial charge in [-0.1, -0.05) is 15.9 Å². The van der Waals surface area contributed by atoms with Gasteiger partial charge in [-0.15, -0.1) is 11.8 Å². The predicted molar refractivity (Wildman–Crippen MR) is 96.5 cm³/mol. The number of carbonyl (C=O) groups excluding carboxylic acids is 2. The van der Waals surface area contributed by atoms with Gasteiger partial charge in [0.05, 0.1) is 16.2 Å². The number of nitrogens with zero attached hydrogens (tertiary/aromatic N) is 1. The average Bonchev–Trinajstić information content (AvgIpc) is 2.90. The Morgan fingerprint density at radius 2 is 2.12 bits per heavy atom. The molecule has 0 unspecified atom stereocenters. The van der Waals surface area contributed by atoms with Crippen LogP contribution >= 0.6 is 27.7 Å². The lowest BCUT2D eigenvalue weighted by atomic mass is 10.2. The summed E-state index contributed by atoms with van der Waals surface area (Å²) in [6.45, 7) is 2.66. The zero-order chi connectivity index (χ0) is 18.6. The van der Waals surface area contributed by atoms with E-state index in [0.717, 1.165) is 0 Å². The van der Waals surface area contributed by atoms with Gasteiger partial charge in [0.15, 0.2) is 0 Å². The van der Waals surface area contributed by atoms with Crippen LogP contribution in [-0.2, 0) is 19.1 Å². The number of nitrogens with one attached hydrogen (secondary N) is 1. The molecule has 1 saturated heterocycles. The van der Waals surface area contributed by atoms with E-state index in [4.69, 9.17) is 9.47 Å². The Morgan fingerprint density at radius 3 is 2.72 bits per heavy atom. The third kappa shape index (κ3) is 5.08. The van der Waals surface area contributed by atoms with E-state index in [0.29, 0.717) is 12.0 Å². The highest BCUT2D eigenvalue weighted by atomic mass is 79.9. The topological polar surface area (TPSA) is 107 Å². The summed E-state index contributed by atoms with van der Waals surface area (Å²) in [5, 5.41) is -0.663. The third-order valence-corrected chi connectivity index (χ3v) is 5.28. The summed E-state index contributed by atoms with van der Waals surface area (Å²) in [5.41, 5.74) is -0.735. The van der Waals surface area contributed by atoms with Crippen molar-refractivity contribution >= 4 is 45.7 Å². The maximum absolute atomic E-state index is 12.2. The molecule has 10 heteroatoms. The molecule has 0 saturated carbocycles. The van der Waals surface area contributed by atoms with Crippen LogP contribution in [0.15, 0.2) is 20.8 Å². The van der Waals surface area contributed by atoms with E-state index in [1.54, 1.807) is 0 Å². The first-order valence-electron chi connectivity index (χ1n) is 7.40. The number of hydrogen-bond donors (Lipinski definition) is 1. The summed E-state index contributed by atoms with van der Waals surface area (Å²) in [7, 11) is 0. The highest BCUT2D eigenvalue weighted by Crippen LogP contribution is 2.42. The molecule has 0 amide bonds. The molecule has 1 N–H and O–H groups in total. The van der Waals surface area contributed by atoms with Gasteiger partial charge in [-0.05, 0) is 11.1 Å². The highest BCUT2D eigenvalue weighted by molar-refractivity contribution is 9.11. The van der Waals surface area contributed by atoms with Gasteiger partial charge in [-0.25, -0.2) is 4.79 Å². The molecular formula is C15H17BrN2O6S. The maximum Gasteiger partial charge on any atom is 0.329 e. The predicted octanol–water partition coefficient (Wildman–Crippen LogP) is 1.40. The SMILES string of the molecule is CC(=O)OC[C@H]1S[C@@H](n2cc(/C=C/Br)c(=O)[nH]c2=O)C[C@@H]1OC(C)=O. The van der Waals surface area contributed by atoms with Crippen molar-refractivity contribution in [3.05, 3.63) is 37.6 Å². The number of aromatic nitrogens is 2. The molecule has 1 aliphatic rings. The Kier molecular flexibility index (Phi) is 6.65. The number of thioether (sulfide) groups is 1. The number of rotatable bonds is 5. The number of halogens is 1. The van der Waals surface area contributed by atoms with E-state index in [9.17, 15) is 19.2 Å². The van der Waals surface area contributed by atoms with Crippen LogP contribution in [0.1, 0.15) is 31.2 Å². The highest BCUT2D eigenvalue weighted by Gasteiger charge is 2.39. The molecule has 1 aliphatic heterocycles. The Hall–Kier alpha value is -1.81. The normalized spacial score (nSPS) is 22.9. The van der Waals surface area contributed by atoms with Crippen molar-refractivity contribution in [3.63, 3.8) is 0 Å². The van der Waals surface area contributed by atoms with E-state index in [2.05, 4.69) is 20.9 Å². The maximum atomic E-state index is 12.2. The van der Waals surface area contributed by atoms with Gasteiger partial charge < -0.3 is 9.47 Å². The van der Waals surface area contributed by atoms with Crippen molar-refractivity contribution in [1.82, 2.24) is 9.55 Å². The number of ether oxygens (including phenoxy) is 2. The minimum Gasteiger partial charge on any atom is -0.465 e. The van der Waals surface area contributed by atoms with Crippen molar-refractivity contribution < 1.29 is 19.1 Å². The molecule has 8 nitrogen and oxygen atoms in total. The molecule has 136 valence electrons. The van der Waals surface area contributed by atoms with E-state index in [-0.39, 0.29) is 17.2 Å². The van der Waals surface area contributed by atoms with Gasteiger partial charge >= 0.3 is 17.6 Å². The Morgan fingerprint density at radius 1 is 1.40 bits per heavy atom. The average molecular weight is 433 g/mol. The first-order chi connectivity index (χ1) is 11.8. The van der Waals surface area contributed by atoms with E-state index >= 15 is 0 Å². The van der Waals surface area contributed by atoms with Crippen molar-refractivity contribution in [2.75, 3.05) is 6.61 Å². The first-order valence-corrected chi connectivity index (χ1v) is 9.26. The molecule has 0 bridgehead atoms. The second-order valence-corrected chi connectivity index (χ2v) is 7.31. The second kappa shape index (κ2) is 8.52. The Balaban J connectivity index is 2.29. The second-order valence-electron chi connectivity index (χ2n) is 5.36. The van der Waals surface area contributed by atoms with Crippen LogP contribution in [-0.4, -0.2) is 39.5 Å². The standard InChI is InChI=1S/C15H17BrN2O6S/c1-8(19)23-7-12-11(24-9(2)20)5-13(25-12)18-6-10(3-4-16)14(21)17-15(18)22/h3-4,6,11-13H,5,7H2,1-2H3,(H,17,21,22)/b4-3+/t11-,12+,13+/m0/s1. The van der Waals surface area contributed by atoms with Crippen LogP contribution in [0.3, 0.4) is 0 Å². The van der Waals surface area contributed by atoms with E-state index in [1.807, 2.05) is 0 Å². The molecule has 25 heavy (non-hydrogen) atoms. The molecule has 1 fully saturated rings. The van der Waals surface area contributed by atoms with Crippen molar-refractivity contribution in [2.45, 2.75) is 37.0 Å². The fourth-order valence-electron chi connectivity index (χ4n) is 2.46. The Labute approximate surface area is 155 Å². The molecular weight excluding hydrogens is 416 g/mol. The van der Waals surface area contributed by atoms with Crippen molar-refractivity contribution in [1.29, 1.82) is 0 Å². The minimum absolute atomic E-state index is 0.0701. The molecule has 3 atom stereocenters. The molecule has 2 heterocycles. The molecule has 0 radical (unpaired) electrons. The van der Waals surface area contributed by atoms with Crippen LogP contribution in [0.4, 0.5) is 0 Å². The van der Waals surface area contributed by atoms with Crippen LogP contribution in [0.5, 0.6) is 0 Å². The lowest BCUT2D eigenvalue weighted by Crippen LogP contribution is -2.32. The van der Waals surface area contributed by atoms with E-state index < -0.39 is 29.3 Å². The molecule has 0 aliphatic carbocycles. The molecule has 0 aromatic carbocycles. The van der Waals surface area contributed by atoms with Gasteiger partial charge in [-0.3, -0.25) is 23.9 Å². The molecule has 1 aromatic rings. The molecule has 2 rings (SSSR count). The van der Waals surface area contributed by atoms with Gasteiger partial charge in [-0.2, -0.15) is 0 Å². The summed E-state index contributed by atoms with van der Waals surface area (Å²) >= 11 is 4.45. The third-order valence-electron chi connectivity index (χ3n) is 3.50. The van der Waals surface area contributed by atoms with Crippen LogP contribution < -0.4 is 11.2 Å². The molecule has 1 aromatic heterocycles. The fraction of sp³-hybridized carbons (Fsp3) is 0.467. The van der Waals surface area contributed by atoms with Crippen molar-refractivity contribution in [3.8, 4) is 0 Å². The zero-order valence-electron chi connectivity index (χ0n) is 13.6. The lowest BCUT2D eigenvalue weighted by Gasteiger charge is -2.17. The van der Waals surface area contributed by atoms with E-state index in [1.165, 1.54) is 47.4 Å². The van der Waals surface area contributed by atoms with Crippen LogP contribution in [0.2, 0.25) is 0 Å². The number of esters is 2. The number of carbonyl (C=O) groups is 2. The summed E-state index contributed by atoms with van der Waals surface area (Å²) in [6, 6.07) is 0. The van der Waals surface area contributed by atoms with Crippen molar-refractivity contribution in [2.24, 2.45) is 0 Å². The van der Waals surface area contributed by atoms with Gasteiger partial charge in [0.2, 0.25) is 0 Å². The van der Waals surface area contributed by atoms with Gasteiger partial charge in [0, 0.05) is 26.5 Å². The summed E-state index contributed by atoms with van der Waals surface area (Å²) in [6.07, 6.45) is 2.84. The first kappa shape index (κ1) is 19.5. The molecule has 0 spiro atoms. The van der Waals surface area contributed by atoms with Crippen LogP contribution in [0, 0.1) is 0 Å². The smallest absolute Gasteiger partial charge is 0.329 e. The number of aromatic amines is 1. The number of H-pyrrole nitrogens is 1. The minimum atomic E-state index is -0.552. The quantitative estimate of drug-likeness (QED) is 0.700. The lowest BCUT2D eigenvalue weighted by molar-refractivity contribution is -0.148. The van der Waals surface area contributed by atoms with Gasteiger partial charge in [0.25, 0.3) is 5.56 Å².